The lowest BCUT2D eigenvalue weighted by Gasteiger charge is -2.21. The van der Waals surface area contributed by atoms with Crippen LogP contribution in [0.4, 0.5) is 13.2 Å². The highest BCUT2D eigenvalue weighted by molar-refractivity contribution is 5.34. The fraction of sp³-hybridized carbons (Fsp3) is 0.500. The SMILES string of the molecule is CCCNC(C1=CCCC1)c1ccc(OC(F)(F)F)cc1. The monoisotopic (exact) mass is 299 g/mol. The first-order chi connectivity index (χ1) is 9.99. The molecule has 0 spiro atoms. The van der Waals surface area contributed by atoms with Gasteiger partial charge in [-0.15, -0.1) is 13.2 Å². The predicted molar refractivity (Wildman–Crippen MR) is 76.1 cm³/mol. The van der Waals surface area contributed by atoms with Crippen LogP contribution in [0, 0.1) is 0 Å². The number of allylic oxidation sites excluding steroid dienone is 1. The summed E-state index contributed by atoms with van der Waals surface area (Å²) >= 11 is 0. The Bertz CT molecular complexity index is 479. The van der Waals surface area contributed by atoms with E-state index in [1.165, 1.54) is 17.7 Å². The summed E-state index contributed by atoms with van der Waals surface area (Å²) in [6.45, 7) is 2.97. The minimum Gasteiger partial charge on any atom is -0.406 e. The minimum atomic E-state index is -4.64. The zero-order valence-electron chi connectivity index (χ0n) is 12.0. The van der Waals surface area contributed by atoms with E-state index in [4.69, 9.17) is 0 Å². The summed E-state index contributed by atoms with van der Waals surface area (Å²) in [7, 11) is 0. The van der Waals surface area contributed by atoms with Gasteiger partial charge >= 0.3 is 6.36 Å². The Balaban J connectivity index is 2.12. The van der Waals surface area contributed by atoms with Gasteiger partial charge in [0.05, 0.1) is 6.04 Å². The molecular formula is C16H20F3NO. The van der Waals surface area contributed by atoms with Crippen molar-refractivity contribution in [2.24, 2.45) is 0 Å². The zero-order chi connectivity index (χ0) is 15.3. The second-order valence-corrected chi connectivity index (χ2v) is 5.18. The molecule has 0 bridgehead atoms. The summed E-state index contributed by atoms with van der Waals surface area (Å²) < 4.78 is 40.4. The summed E-state index contributed by atoms with van der Waals surface area (Å²) in [5.74, 6) is -0.180. The highest BCUT2D eigenvalue weighted by Gasteiger charge is 2.31. The standard InChI is InChI=1S/C16H20F3NO/c1-2-11-20-15(12-5-3-4-6-12)13-7-9-14(10-8-13)21-16(17,18)19/h5,7-10,15,20H,2-4,6,11H2,1H3. The topological polar surface area (TPSA) is 21.3 Å². The largest absolute Gasteiger partial charge is 0.573 e. The number of halogens is 3. The third-order valence-corrected chi connectivity index (χ3v) is 3.49. The molecule has 1 unspecified atom stereocenters. The van der Waals surface area contributed by atoms with Crippen molar-refractivity contribution in [2.45, 2.75) is 45.0 Å². The molecule has 116 valence electrons. The fourth-order valence-corrected chi connectivity index (χ4v) is 2.57. The van der Waals surface area contributed by atoms with E-state index in [1.54, 1.807) is 12.1 Å². The van der Waals surface area contributed by atoms with Gasteiger partial charge in [-0.2, -0.15) is 0 Å². The van der Waals surface area contributed by atoms with Crippen molar-refractivity contribution >= 4 is 0 Å². The van der Waals surface area contributed by atoms with Crippen molar-refractivity contribution in [1.29, 1.82) is 0 Å². The van der Waals surface area contributed by atoms with Gasteiger partial charge in [-0.3, -0.25) is 0 Å². The lowest BCUT2D eigenvalue weighted by Crippen LogP contribution is -2.23. The molecule has 1 N–H and O–H groups in total. The van der Waals surface area contributed by atoms with E-state index < -0.39 is 6.36 Å². The van der Waals surface area contributed by atoms with E-state index in [-0.39, 0.29) is 11.8 Å². The average Bonchev–Trinajstić information content (AvgIpc) is 2.93. The molecule has 1 aliphatic rings. The average molecular weight is 299 g/mol. The quantitative estimate of drug-likeness (QED) is 0.766. The van der Waals surface area contributed by atoms with Gasteiger partial charge < -0.3 is 10.1 Å². The summed E-state index contributed by atoms with van der Waals surface area (Å²) in [6, 6.07) is 6.24. The molecule has 0 amide bonds. The van der Waals surface area contributed by atoms with Crippen molar-refractivity contribution in [3.8, 4) is 5.75 Å². The number of ether oxygens (including phenoxy) is 1. The van der Waals surface area contributed by atoms with Crippen LogP contribution in [0.15, 0.2) is 35.9 Å². The second kappa shape index (κ2) is 6.98. The van der Waals surface area contributed by atoms with E-state index in [9.17, 15) is 13.2 Å². The highest BCUT2D eigenvalue weighted by atomic mass is 19.4. The van der Waals surface area contributed by atoms with Gasteiger partial charge in [-0.05, 0) is 49.9 Å². The first kappa shape index (κ1) is 15.9. The van der Waals surface area contributed by atoms with Gasteiger partial charge in [0.2, 0.25) is 0 Å². The maximum Gasteiger partial charge on any atom is 0.573 e. The summed E-state index contributed by atoms with van der Waals surface area (Å²) in [4.78, 5) is 0. The maximum absolute atomic E-state index is 12.2. The van der Waals surface area contributed by atoms with E-state index in [0.717, 1.165) is 37.8 Å². The lowest BCUT2D eigenvalue weighted by molar-refractivity contribution is -0.274. The first-order valence-corrected chi connectivity index (χ1v) is 7.27. The normalized spacial score (nSPS) is 16.7. The molecule has 0 heterocycles. The molecule has 2 rings (SSSR count). The zero-order valence-corrected chi connectivity index (χ0v) is 12.0. The Morgan fingerprint density at radius 2 is 1.95 bits per heavy atom. The number of rotatable bonds is 6. The van der Waals surface area contributed by atoms with Crippen molar-refractivity contribution in [3.05, 3.63) is 41.5 Å². The van der Waals surface area contributed by atoms with Crippen LogP contribution < -0.4 is 10.1 Å². The van der Waals surface area contributed by atoms with Crippen molar-refractivity contribution in [2.75, 3.05) is 6.54 Å². The molecule has 2 nitrogen and oxygen atoms in total. The van der Waals surface area contributed by atoms with Crippen LogP contribution in [-0.2, 0) is 0 Å². The van der Waals surface area contributed by atoms with Crippen molar-refractivity contribution < 1.29 is 17.9 Å². The van der Waals surface area contributed by atoms with Crippen molar-refractivity contribution in [1.82, 2.24) is 5.32 Å². The maximum atomic E-state index is 12.2. The van der Waals surface area contributed by atoms with Crippen LogP contribution in [0.1, 0.15) is 44.2 Å². The predicted octanol–water partition coefficient (Wildman–Crippen LogP) is 4.74. The Hall–Kier alpha value is -1.49. The van der Waals surface area contributed by atoms with Crippen LogP contribution in [0.5, 0.6) is 5.75 Å². The molecule has 0 aromatic heterocycles. The number of hydrogen-bond acceptors (Lipinski definition) is 2. The number of hydrogen-bond donors (Lipinski definition) is 1. The van der Waals surface area contributed by atoms with Crippen LogP contribution in [0.2, 0.25) is 0 Å². The minimum absolute atomic E-state index is 0.0902. The number of nitrogens with one attached hydrogen (secondary N) is 1. The van der Waals surface area contributed by atoms with Gasteiger partial charge in [0.1, 0.15) is 5.75 Å². The molecule has 0 radical (unpaired) electrons. The Labute approximate surface area is 123 Å². The molecule has 1 aromatic carbocycles. The number of alkyl halides is 3. The molecule has 0 fully saturated rings. The molecule has 1 aliphatic carbocycles. The summed E-state index contributed by atoms with van der Waals surface area (Å²) in [6.07, 6.45) is 1.87. The van der Waals surface area contributed by atoms with E-state index in [1.807, 2.05) is 0 Å². The smallest absolute Gasteiger partial charge is 0.406 e. The molecule has 21 heavy (non-hydrogen) atoms. The lowest BCUT2D eigenvalue weighted by atomic mass is 9.98. The van der Waals surface area contributed by atoms with Gasteiger partial charge in [-0.25, -0.2) is 0 Å². The van der Waals surface area contributed by atoms with Crippen LogP contribution in [-0.4, -0.2) is 12.9 Å². The number of benzene rings is 1. The Kier molecular flexibility index (Phi) is 5.28. The first-order valence-electron chi connectivity index (χ1n) is 7.27. The fourth-order valence-electron chi connectivity index (χ4n) is 2.57. The Morgan fingerprint density at radius 1 is 1.24 bits per heavy atom. The molecule has 1 atom stereocenters. The molecule has 0 saturated heterocycles. The van der Waals surface area contributed by atoms with Gasteiger partial charge in [0, 0.05) is 0 Å². The van der Waals surface area contributed by atoms with Gasteiger partial charge in [0.25, 0.3) is 0 Å². The molecule has 0 saturated carbocycles. The second-order valence-electron chi connectivity index (χ2n) is 5.18. The van der Waals surface area contributed by atoms with Gasteiger partial charge in [0.15, 0.2) is 0 Å². The van der Waals surface area contributed by atoms with E-state index in [0.29, 0.717) is 0 Å². The highest BCUT2D eigenvalue weighted by Crippen LogP contribution is 2.32. The molecule has 5 heteroatoms. The van der Waals surface area contributed by atoms with E-state index >= 15 is 0 Å². The summed E-state index contributed by atoms with van der Waals surface area (Å²) in [5, 5.41) is 3.46. The van der Waals surface area contributed by atoms with Crippen LogP contribution >= 0.6 is 0 Å². The Morgan fingerprint density at radius 3 is 2.48 bits per heavy atom. The molecule has 1 aromatic rings. The molecule has 0 aliphatic heterocycles. The third-order valence-electron chi connectivity index (χ3n) is 3.49. The van der Waals surface area contributed by atoms with Crippen LogP contribution in [0.25, 0.3) is 0 Å². The summed E-state index contributed by atoms with van der Waals surface area (Å²) in [5.41, 5.74) is 2.30. The van der Waals surface area contributed by atoms with E-state index in [2.05, 4.69) is 23.1 Å². The molecular weight excluding hydrogens is 279 g/mol. The third kappa shape index (κ3) is 4.77. The van der Waals surface area contributed by atoms with Crippen LogP contribution in [0.3, 0.4) is 0 Å². The van der Waals surface area contributed by atoms with Gasteiger partial charge in [-0.1, -0.05) is 30.7 Å². The van der Waals surface area contributed by atoms with Crippen molar-refractivity contribution in [3.63, 3.8) is 0 Å².